The Morgan fingerprint density at radius 2 is 1.88 bits per heavy atom. The summed E-state index contributed by atoms with van der Waals surface area (Å²) < 4.78 is 10.9. The molecule has 6 nitrogen and oxygen atoms in total. The predicted molar refractivity (Wildman–Crippen MR) is 94.6 cm³/mol. The van der Waals surface area contributed by atoms with Crippen molar-refractivity contribution in [3.8, 4) is 11.6 Å². The van der Waals surface area contributed by atoms with Crippen LogP contribution in [-0.2, 0) is 4.74 Å². The van der Waals surface area contributed by atoms with Crippen molar-refractivity contribution in [3.05, 3.63) is 46.6 Å². The zero-order chi connectivity index (χ0) is 18.0. The lowest BCUT2D eigenvalue weighted by Gasteiger charge is -2.07. The fraction of sp³-hybridized carbons (Fsp3) is 0.222. The second kappa shape index (κ2) is 6.98. The number of thiophene rings is 1. The summed E-state index contributed by atoms with van der Waals surface area (Å²) in [7, 11) is 0. The zero-order valence-corrected chi connectivity index (χ0v) is 14.8. The molecular formula is C18H16N2O4S. The molecule has 0 aliphatic carbocycles. The number of hydrogen-bond donors (Lipinski definition) is 0. The molecule has 25 heavy (non-hydrogen) atoms. The van der Waals surface area contributed by atoms with Gasteiger partial charge in [-0.25, -0.2) is 14.8 Å². The second-order valence-corrected chi connectivity index (χ2v) is 6.32. The van der Waals surface area contributed by atoms with E-state index in [0.717, 1.165) is 5.56 Å². The van der Waals surface area contributed by atoms with Gasteiger partial charge < -0.3 is 9.47 Å². The van der Waals surface area contributed by atoms with Crippen LogP contribution in [0, 0.1) is 6.92 Å². The van der Waals surface area contributed by atoms with Crippen molar-refractivity contribution in [1.29, 1.82) is 0 Å². The van der Waals surface area contributed by atoms with Crippen LogP contribution in [0.3, 0.4) is 0 Å². The largest absolute Gasteiger partial charge is 0.462 e. The van der Waals surface area contributed by atoms with Gasteiger partial charge in [-0.2, -0.15) is 0 Å². The van der Waals surface area contributed by atoms with E-state index in [9.17, 15) is 9.59 Å². The summed E-state index contributed by atoms with van der Waals surface area (Å²) in [6.07, 6.45) is 1.40. The number of Topliss-reactive ketones (excluding diaryl/α,β-unsaturated/α-hetero) is 1. The van der Waals surface area contributed by atoms with E-state index in [4.69, 9.17) is 9.47 Å². The van der Waals surface area contributed by atoms with Gasteiger partial charge in [-0.05, 0) is 50.6 Å². The van der Waals surface area contributed by atoms with Gasteiger partial charge in [0.2, 0.25) is 5.88 Å². The highest BCUT2D eigenvalue weighted by atomic mass is 32.1. The molecule has 3 aromatic rings. The third-order valence-electron chi connectivity index (χ3n) is 3.63. The fourth-order valence-corrected chi connectivity index (χ4v) is 3.41. The molecule has 3 rings (SSSR count). The maximum Gasteiger partial charge on any atom is 0.348 e. The van der Waals surface area contributed by atoms with Crippen molar-refractivity contribution in [2.45, 2.75) is 20.8 Å². The van der Waals surface area contributed by atoms with E-state index >= 15 is 0 Å². The van der Waals surface area contributed by atoms with E-state index in [1.165, 1.54) is 24.6 Å². The monoisotopic (exact) mass is 356 g/mol. The molecule has 0 saturated heterocycles. The van der Waals surface area contributed by atoms with Crippen molar-refractivity contribution in [1.82, 2.24) is 9.97 Å². The SMILES string of the molecule is CCOC(=O)c1sc2ncnc(Oc3ccc(C(C)=O)cc3)c2c1C. The summed E-state index contributed by atoms with van der Waals surface area (Å²) in [5.74, 6) is 0.529. The number of ether oxygens (including phenoxy) is 2. The van der Waals surface area contributed by atoms with Crippen LogP contribution in [0.4, 0.5) is 0 Å². The van der Waals surface area contributed by atoms with Crippen LogP contribution < -0.4 is 4.74 Å². The Balaban J connectivity index is 1.99. The number of fused-ring (bicyclic) bond motifs is 1. The maximum absolute atomic E-state index is 12.1. The highest BCUT2D eigenvalue weighted by molar-refractivity contribution is 7.20. The number of esters is 1. The lowest BCUT2D eigenvalue weighted by atomic mass is 10.1. The van der Waals surface area contributed by atoms with Gasteiger partial charge in [0.05, 0.1) is 12.0 Å². The minimum Gasteiger partial charge on any atom is -0.462 e. The summed E-state index contributed by atoms with van der Waals surface area (Å²) in [5.41, 5.74) is 1.34. The Morgan fingerprint density at radius 1 is 1.16 bits per heavy atom. The molecule has 0 aliphatic heterocycles. The van der Waals surface area contributed by atoms with Crippen molar-refractivity contribution in [3.63, 3.8) is 0 Å². The molecule has 0 spiro atoms. The molecule has 2 heterocycles. The van der Waals surface area contributed by atoms with Crippen LogP contribution in [0.1, 0.15) is 39.4 Å². The van der Waals surface area contributed by atoms with Crippen LogP contribution in [0.5, 0.6) is 11.6 Å². The third kappa shape index (κ3) is 3.36. The summed E-state index contributed by atoms with van der Waals surface area (Å²) in [6, 6.07) is 6.80. The van der Waals surface area contributed by atoms with E-state index in [1.54, 1.807) is 31.2 Å². The van der Waals surface area contributed by atoms with Gasteiger partial charge >= 0.3 is 5.97 Å². The van der Waals surface area contributed by atoms with Crippen LogP contribution in [0.15, 0.2) is 30.6 Å². The van der Waals surface area contributed by atoms with Gasteiger partial charge in [0, 0.05) is 5.56 Å². The molecule has 1 aromatic carbocycles. The first-order valence-electron chi connectivity index (χ1n) is 7.71. The first-order chi connectivity index (χ1) is 12.0. The van der Waals surface area contributed by atoms with E-state index in [0.29, 0.717) is 38.9 Å². The molecule has 0 saturated carbocycles. The van der Waals surface area contributed by atoms with Gasteiger partial charge in [0.1, 0.15) is 21.8 Å². The van der Waals surface area contributed by atoms with Crippen molar-refractivity contribution in [2.24, 2.45) is 0 Å². The topological polar surface area (TPSA) is 78.4 Å². The number of ketones is 1. The number of hydrogen-bond acceptors (Lipinski definition) is 7. The highest BCUT2D eigenvalue weighted by Crippen LogP contribution is 2.36. The van der Waals surface area contributed by atoms with Gasteiger partial charge in [0.25, 0.3) is 0 Å². The molecule has 0 unspecified atom stereocenters. The lowest BCUT2D eigenvalue weighted by Crippen LogP contribution is -2.03. The first-order valence-corrected chi connectivity index (χ1v) is 8.53. The summed E-state index contributed by atoms with van der Waals surface area (Å²) in [4.78, 5) is 33.0. The smallest absolute Gasteiger partial charge is 0.348 e. The molecule has 0 bridgehead atoms. The lowest BCUT2D eigenvalue weighted by molar-refractivity contribution is 0.0531. The molecular weight excluding hydrogens is 340 g/mol. The summed E-state index contributed by atoms with van der Waals surface area (Å²) in [6.45, 7) is 5.40. The average Bonchev–Trinajstić information content (AvgIpc) is 2.94. The van der Waals surface area contributed by atoms with Crippen LogP contribution in [-0.4, -0.2) is 28.3 Å². The number of aromatic nitrogens is 2. The minimum absolute atomic E-state index is 0.0104. The first kappa shape index (κ1) is 17.0. The van der Waals surface area contributed by atoms with Gasteiger partial charge in [0.15, 0.2) is 5.78 Å². The molecule has 2 aromatic heterocycles. The molecule has 0 atom stereocenters. The number of carbonyl (C=O) groups is 2. The Kier molecular flexibility index (Phi) is 4.76. The van der Waals surface area contributed by atoms with E-state index < -0.39 is 0 Å². The second-order valence-electron chi connectivity index (χ2n) is 5.32. The molecule has 0 aliphatic rings. The molecule has 0 N–H and O–H groups in total. The molecule has 0 fully saturated rings. The minimum atomic E-state index is -0.375. The quantitative estimate of drug-likeness (QED) is 0.504. The van der Waals surface area contributed by atoms with E-state index in [-0.39, 0.29) is 11.8 Å². The fourth-order valence-electron chi connectivity index (χ4n) is 2.38. The molecule has 128 valence electrons. The Bertz CT molecular complexity index is 948. The van der Waals surface area contributed by atoms with Crippen molar-refractivity contribution >= 4 is 33.3 Å². The Morgan fingerprint density at radius 3 is 2.52 bits per heavy atom. The predicted octanol–water partition coefficient (Wildman–Crippen LogP) is 4.17. The summed E-state index contributed by atoms with van der Waals surface area (Å²) >= 11 is 1.25. The number of carbonyl (C=O) groups excluding carboxylic acids is 2. The van der Waals surface area contributed by atoms with Crippen molar-refractivity contribution in [2.75, 3.05) is 6.61 Å². The number of nitrogens with zero attached hydrogens (tertiary/aromatic N) is 2. The van der Waals surface area contributed by atoms with Crippen LogP contribution >= 0.6 is 11.3 Å². The number of aryl methyl sites for hydroxylation is 1. The van der Waals surface area contributed by atoms with Crippen LogP contribution in [0.25, 0.3) is 10.2 Å². The number of benzene rings is 1. The van der Waals surface area contributed by atoms with E-state index in [1.807, 2.05) is 6.92 Å². The maximum atomic E-state index is 12.1. The standard InChI is InChI=1S/C18H16N2O4S/c1-4-23-18(22)15-10(2)14-16(19-9-20-17(14)25-15)24-13-7-5-12(6-8-13)11(3)21/h5-9H,4H2,1-3H3. The Labute approximate surface area is 148 Å². The van der Waals surface area contributed by atoms with Crippen molar-refractivity contribution < 1.29 is 19.1 Å². The van der Waals surface area contributed by atoms with Gasteiger partial charge in [-0.1, -0.05) is 0 Å². The molecule has 0 amide bonds. The normalized spacial score (nSPS) is 10.7. The Hall–Kier alpha value is -2.80. The summed E-state index contributed by atoms with van der Waals surface area (Å²) in [5, 5.41) is 0.686. The molecule has 7 heteroatoms. The number of rotatable bonds is 5. The zero-order valence-electron chi connectivity index (χ0n) is 14.0. The van der Waals surface area contributed by atoms with E-state index in [2.05, 4.69) is 9.97 Å². The van der Waals surface area contributed by atoms with Gasteiger partial charge in [-0.15, -0.1) is 11.3 Å². The highest BCUT2D eigenvalue weighted by Gasteiger charge is 2.21. The van der Waals surface area contributed by atoms with Crippen LogP contribution in [0.2, 0.25) is 0 Å². The third-order valence-corrected chi connectivity index (χ3v) is 4.81. The molecule has 0 radical (unpaired) electrons. The van der Waals surface area contributed by atoms with Gasteiger partial charge in [-0.3, -0.25) is 4.79 Å². The average molecular weight is 356 g/mol.